The topological polar surface area (TPSA) is 83.9 Å². The molecule has 1 unspecified atom stereocenters. The lowest BCUT2D eigenvalue weighted by Crippen LogP contribution is -2.57. The number of carbonyl (C=O) groups is 3. The van der Waals surface area contributed by atoms with Crippen LogP contribution in [-0.2, 0) is 18.6 Å². The minimum Gasteiger partial charge on any atom is -0.477 e. The van der Waals surface area contributed by atoms with Crippen molar-refractivity contribution in [2.24, 2.45) is 0 Å². The van der Waals surface area contributed by atoms with Crippen molar-refractivity contribution in [3.05, 3.63) is 23.3 Å². The summed E-state index contributed by atoms with van der Waals surface area (Å²) in [5, 5.41) is 10.5. The molecule has 0 bridgehead atoms. The number of aliphatic carboxylic acids is 1. The maximum Gasteiger partial charge on any atom is 0.352 e. The number of carboxylic acid groups (broad SMARTS) is 1. The van der Waals surface area contributed by atoms with E-state index in [2.05, 4.69) is 0 Å². The van der Waals surface area contributed by atoms with E-state index in [0.717, 1.165) is 0 Å². The van der Waals surface area contributed by atoms with Gasteiger partial charge in [0.25, 0.3) is 0 Å². The Hall–Kier alpha value is -1.76. The third-order valence-corrected chi connectivity index (χ3v) is 6.29. The second kappa shape index (κ2) is 4.73. The molecular weight excluding hydrogens is 270 g/mol. The lowest BCUT2D eigenvalue weighted by molar-refractivity contribution is -0.146. The summed E-state index contributed by atoms with van der Waals surface area (Å²) < 4.78 is 5.46. The highest BCUT2D eigenvalue weighted by Gasteiger charge is 2.53. The number of carbonyl (C=O) groups excluding carboxylic acids is 2. The van der Waals surface area contributed by atoms with Crippen molar-refractivity contribution >= 4 is 28.2 Å². The molecule has 1 amide bonds. The van der Waals surface area contributed by atoms with E-state index in [9.17, 15) is 14.4 Å². The van der Waals surface area contributed by atoms with Gasteiger partial charge >= 0.3 is 11.9 Å². The number of nitrogens with zero attached hydrogens (tertiary/aromatic N) is 1. The SMILES string of the molecule is CC=CS1(OC(C)=O)CC=C(C(=O)O)N2C(=O)C[C@H]21. The van der Waals surface area contributed by atoms with Crippen LogP contribution in [0, 0.1) is 0 Å². The van der Waals surface area contributed by atoms with Crippen LogP contribution < -0.4 is 0 Å². The smallest absolute Gasteiger partial charge is 0.352 e. The van der Waals surface area contributed by atoms with Crippen LogP contribution in [0.1, 0.15) is 20.3 Å². The van der Waals surface area contributed by atoms with Gasteiger partial charge in [-0.3, -0.25) is 14.5 Å². The van der Waals surface area contributed by atoms with Gasteiger partial charge in [-0.25, -0.2) is 4.79 Å². The first-order valence-electron chi connectivity index (χ1n) is 5.79. The first-order valence-corrected chi connectivity index (χ1v) is 7.65. The molecule has 0 aromatic rings. The number of rotatable bonds is 3. The highest BCUT2D eigenvalue weighted by molar-refractivity contribution is 8.33. The largest absolute Gasteiger partial charge is 0.477 e. The molecule has 7 heteroatoms. The number of β-lactam (4-membered cyclic amide) rings is 1. The summed E-state index contributed by atoms with van der Waals surface area (Å²) in [5.74, 6) is -1.45. The number of fused-ring (bicyclic) bond motifs is 1. The highest BCUT2D eigenvalue weighted by atomic mass is 32.3. The van der Waals surface area contributed by atoms with Crippen LogP contribution in [0.3, 0.4) is 0 Å². The zero-order valence-corrected chi connectivity index (χ0v) is 11.5. The van der Waals surface area contributed by atoms with E-state index < -0.39 is 22.2 Å². The Morgan fingerprint density at radius 3 is 2.74 bits per heavy atom. The fourth-order valence-corrected chi connectivity index (χ4v) is 5.40. The van der Waals surface area contributed by atoms with Crippen LogP contribution in [0.5, 0.6) is 0 Å². The molecule has 19 heavy (non-hydrogen) atoms. The molecule has 6 nitrogen and oxygen atoms in total. The van der Waals surface area contributed by atoms with E-state index in [1.807, 2.05) is 0 Å². The maximum atomic E-state index is 11.6. The first-order chi connectivity index (χ1) is 8.91. The Labute approximate surface area is 112 Å². The fraction of sp³-hybridized carbons (Fsp3) is 0.417. The number of amides is 1. The number of hydrogen-bond donors (Lipinski definition) is 1. The van der Waals surface area contributed by atoms with E-state index >= 15 is 0 Å². The van der Waals surface area contributed by atoms with Gasteiger partial charge in [-0.15, -0.1) is 0 Å². The molecule has 0 radical (unpaired) electrons. The molecule has 2 rings (SSSR count). The summed E-state index contributed by atoms with van der Waals surface area (Å²) in [6.45, 7) is 3.12. The Balaban J connectivity index is 2.41. The molecule has 0 saturated carbocycles. The summed E-state index contributed by atoms with van der Waals surface area (Å²) in [6.07, 6.45) is 3.46. The molecule has 2 aliphatic rings. The minimum absolute atomic E-state index is 0.0129. The van der Waals surface area contributed by atoms with Gasteiger partial charge in [-0.05, 0) is 28.7 Å². The van der Waals surface area contributed by atoms with Crippen LogP contribution in [0.4, 0.5) is 0 Å². The maximum absolute atomic E-state index is 11.6. The number of allylic oxidation sites excluding steroid dienone is 1. The van der Waals surface area contributed by atoms with E-state index in [1.54, 1.807) is 18.4 Å². The standard InChI is InChI=1S/C12H15NO5S/c1-3-5-19(18-8(2)14)6-4-9(12(16)17)13-10(15)7-11(13)19/h3-5,11H,6-7H2,1-2H3,(H,16,17)/t11-/m1/s1. The van der Waals surface area contributed by atoms with Crippen molar-refractivity contribution < 1.29 is 23.7 Å². The van der Waals surface area contributed by atoms with Crippen LogP contribution in [0.2, 0.25) is 0 Å². The monoisotopic (exact) mass is 285 g/mol. The van der Waals surface area contributed by atoms with Crippen molar-refractivity contribution in [1.82, 2.24) is 4.90 Å². The van der Waals surface area contributed by atoms with E-state index in [4.69, 9.17) is 9.29 Å². The minimum atomic E-state index is -1.95. The fourth-order valence-electron chi connectivity index (χ4n) is 2.32. The second-order valence-electron chi connectivity index (χ2n) is 4.31. The van der Waals surface area contributed by atoms with Gasteiger partial charge in [-0.1, -0.05) is 6.08 Å². The third-order valence-electron chi connectivity index (χ3n) is 3.02. The lowest BCUT2D eigenvalue weighted by Gasteiger charge is -2.54. The van der Waals surface area contributed by atoms with E-state index in [0.29, 0.717) is 5.75 Å². The summed E-state index contributed by atoms with van der Waals surface area (Å²) in [5.41, 5.74) is -0.0129. The quantitative estimate of drug-likeness (QED) is 0.791. The molecule has 2 aliphatic heterocycles. The zero-order valence-electron chi connectivity index (χ0n) is 10.7. The lowest BCUT2D eigenvalue weighted by atomic mass is 10.1. The van der Waals surface area contributed by atoms with Crippen LogP contribution >= 0.6 is 10.3 Å². The molecule has 0 aromatic carbocycles. The van der Waals surface area contributed by atoms with Crippen LogP contribution in [0.15, 0.2) is 23.3 Å². The van der Waals surface area contributed by atoms with Crippen molar-refractivity contribution in [3.63, 3.8) is 0 Å². The van der Waals surface area contributed by atoms with E-state index in [-0.39, 0.29) is 23.4 Å². The molecule has 1 saturated heterocycles. The molecule has 0 spiro atoms. The molecule has 1 fully saturated rings. The first kappa shape index (κ1) is 13.7. The Morgan fingerprint density at radius 1 is 1.58 bits per heavy atom. The van der Waals surface area contributed by atoms with Crippen LogP contribution in [-0.4, -0.2) is 39.0 Å². The Kier molecular flexibility index (Phi) is 3.40. The Morgan fingerprint density at radius 2 is 2.26 bits per heavy atom. The zero-order chi connectivity index (χ0) is 14.2. The van der Waals surface area contributed by atoms with E-state index in [1.165, 1.54) is 17.9 Å². The van der Waals surface area contributed by atoms with Gasteiger partial charge < -0.3 is 9.29 Å². The summed E-state index contributed by atoms with van der Waals surface area (Å²) in [6, 6.07) is 0. The van der Waals surface area contributed by atoms with Gasteiger partial charge in [-0.2, -0.15) is 0 Å². The normalized spacial score (nSPS) is 32.9. The van der Waals surface area contributed by atoms with Gasteiger partial charge in [0.05, 0.1) is 6.42 Å². The Bertz CT molecular complexity index is 512. The molecule has 0 aromatic heterocycles. The molecule has 2 atom stereocenters. The van der Waals surface area contributed by atoms with Gasteiger partial charge in [0.15, 0.2) is 0 Å². The van der Waals surface area contributed by atoms with Crippen molar-refractivity contribution in [2.45, 2.75) is 25.6 Å². The molecule has 0 aliphatic carbocycles. The van der Waals surface area contributed by atoms with Crippen LogP contribution in [0.25, 0.3) is 0 Å². The molecule has 2 heterocycles. The van der Waals surface area contributed by atoms with Gasteiger partial charge in [0.2, 0.25) is 5.91 Å². The molecule has 1 N–H and O–H groups in total. The average molecular weight is 285 g/mol. The molecular formula is C12H15NO5S. The van der Waals surface area contributed by atoms with Gasteiger partial charge in [0.1, 0.15) is 11.1 Å². The van der Waals surface area contributed by atoms with Crippen molar-refractivity contribution in [3.8, 4) is 0 Å². The predicted octanol–water partition coefficient (Wildman–Crippen LogP) is 1.34. The summed E-state index contributed by atoms with van der Waals surface area (Å²) in [7, 11) is -1.95. The number of carboxylic acids is 1. The average Bonchev–Trinajstić information content (AvgIpc) is 2.29. The third kappa shape index (κ3) is 2.14. The highest BCUT2D eigenvalue weighted by Crippen LogP contribution is 2.63. The predicted molar refractivity (Wildman–Crippen MR) is 70.0 cm³/mol. The second-order valence-corrected chi connectivity index (χ2v) is 7.18. The molecule has 104 valence electrons. The number of hydrogen-bond acceptors (Lipinski definition) is 4. The van der Waals surface area contributed by atoms with Crippen molar-refractivity contribution in [1.29, 1.82) is 0 Å². The van der Waals surface area contributed by atoms with Gasteiger partial charge in [0, 0.05) is 12.7 Å². The summed E-state index contributed by atoms with van der Waals surface area (Å²) in [4.78, 5) is 35.3. The summed E-state index contributed by atoms with van der Waals surface area (Å²) >= 11 is 0. The van der Waals surface area contributed by atoms with Crippen molar-refractivity contribution in [2.75, 3.05) is 5.75 Å².